The second-order valence-corrected chi connectivity index (χ2v) is 4.89. The predicted octanol–water partition coefficient (Wildman–Crippen LogP) is 3.41. The third-order valence-electron chi connectivity index (χ3n) is 2.55. The van der Waals surface area contributed by atoms with Crippen LogP contribution in [0.1, 0.15) is 22.2 Å². The van der Waals surface area contributed by atoms with Crippen LogP contribution in [0.5, 0.6) is 0 Å². The number of hydrogen-bond donors (Lipinski definition) is 1. The molecule has 1 unspecified atom stereocenters. The summed E-state index contributed by atoms with van der Waals surface area (Å²) in [4.78, 5) is 5.45. The Morgan fingerprint density at radius 1 is 1.44 bits per heavy atom. The van der Waals surface area contributed by atoms with Crippen molar-refractivity contribution in [3.8, 4) is 0 Å². The number of pyridine rings is 1. The van der Waals surface area contributed by atoms with Crippen molar-refractivity contribution in [2.75, 3.05) is 7.05 Å². The number of halogens is 1. The maximum atomic E-state index is 6.17. The molecule has 0 spiro atoms. The van der Waals surface area contributed by atoms with Crippen molar-refractivity contribution in [3.63, 3.8) is 0 Å². The minimum Gasteiger partial charge on any atom is -0.309 e. The Morgan fingerprint density at radius 2 is 2.25 bits per heavy atom. The van der Waals surface area contributed by atoms with Crippen LogP contribution >= 0.6 is 22.9 Å². The van der Waals surface area contributed by atoms with Gasteiger partial charge in [0, 0.05) is 16.8 Å². The van der Waals surface area contributed by atoms with E-state index in [-0.39, 0.29) is 6.04 Å². The molecule has 0 aliphatic rings. The maximum absolute atomic E-state index is 6.17. The molecular weight excluding hydrogens is 240 g/mol. The van der Waals surface area contributed by atoms with Crippen LogP contribution in [-0.2, 0) is 0 Å². The Labute approximate surface area is 104 Å². The van der Waals surface area contributed by atoms with Gasteiger partial charge in [0.2, 0.25) is 0 Å². The van der Waals surface area contributed by atoms with Gasteiger partial charge in [-0.1, -0.05) is 17.7 Å². The van der Waals surface area contributed by atoms with Crippen LogP contribution in [0.15, 0.2) is 29.8 Å². The highest BCUT2D eigenvalue weighted by Crippen LogP contribution is 2.33. The maximum Gasteiger partial charge on any atom is 0.0701 e. The highest BCUT2D eigenvalue weighted by Gasteiger charge is 2.18. The van der Waals surface area contributed by atoms with Crippen molar-refractivity contribution < 1.29 is 0 Å². The van der Waals surface area contributed by atoms with E-state index in [4.69, 9.17) is 11.6 Å². The minimum atomic E-state index is 0.126. The third kappa shape index (κ3) is 2.12. The quantitative estimate of drug-likeness (QED) is 0.906. The van der Waals surface area contributed by atoms with Crippen LogP contribution in [0.25, 0.3) is 0 Å². The molecule has 2 aromatic heterocycles. The van der Waals surface area contributed by atoms with Gasteiger partial charge in [-0.3, -0.25) is 4.98 Å². The fourth-order valence-electron chi connectivity index (χ4n) is 1.74. The smallest absolute Gasteiger partial charge is 0.0701 e. The largest absolute Gasteiger partial charge is 0.309 e. The monoisotopic (exact) mass is 252 g/mol. The SMILES string of the molecule is CNC(c1cccnc1C)c1sccc1Cl. The molecule has 0 fully saturated rings. The van der Waals surface area contributed by atoms with E-state index >= 15 is 0 Å². The van der Waals surface area contributed by atoms with Gasteiger partial charge in [-0.05, 0) is 37.0 Å². The van der Waals surface area contributed by atoms with Crippen LogP contribution in [0, 0.1) is 6.92 Å². The fourth-order valence-corrected chi connectivity index (χ4v) is 3.03. The number of rotatable bonds is 3. The second kappa shape index (κ2) is 4.95. The lowest BCUT2D eigenvalue weighted by atomic mass is 10.0. The summed E-state index contributed by atoms with van der Waals surface area (Å²) >= 11 is 7.83. The molecule has 1 atom stereocenters. The average molecular weight is 253 g/mol. The van der Waals surface area contributed by atoms with Gasteiger partial charge in [-0.2, -0.15) is 0 Å². The molecule has 16 heavy (non-hydrogen) atoms. The molecule has 84 valence electrons. The first-order valence-electron chi connectivity index (χ1n) is 5.05. The van der Waals surface area contributed by atoms with Gasteiger partial charge in [0.05, 0.1) is 11.1 Å². The van der Waals surface area contributed by atoms with E-state index in [1.54, 1.807) is 11.3 Å². The van der Waals surface area contributed by atoms with Crippen molar-refractivity contribution in [2.45, 2.75) is 13.0 Å². The van der Waals surface area contributed by atoms with Crippen LogP contribution in [0.3, 0.4) is 0 Å². The van der Waals surface area contributed by atoms with E-state index in [0.717, 1.165) is 15.6 Å². The molecule has 0 bridgehead atoms. The number of aryl methyl sites for hydroxylation is 1. The first kappa shape index (κ1) is 11.6. The van der Waals surface area contributed by atoms with Crippen LogP contribution < -0.4 is 5.32 Å². The molecule has 2 nitrogen and oxygen atoms in total. The molecule has 0 aromatic carbocycles. The zero-order valence-electron chi connectivity index (χ0n) is 9.20. The van der Waals surface area contributed by atoms with E-state index in [9.17, 15) is 0 Å². The lowest BCUT2D eigenvalue weighted by Gasteiger charge is -2.17. The van der Waals surface area contributed by atoms with E-state index in [1.165, 1.54) is 5.56 Å². The molecule has 2 rings (SSSR count). The minimum absolute atomic E-state index is 0.126. The molecule has 0 saturated carbocycles. The van der Waals surface area contributed by atoms with E-state index in [2.05, 4.69) is 16.4 Å². The predicted molar refractivity (Wildman–Crippen MR) is 69.2 cm³/mol. The summed E-state index contributed by atoms with van der Waals surface area (Å²) in [6.07, 6.45) is 1.81. The van der Waals surface area contributed by atoms with Gasteiger partial charge in [0.15, 0.2) is 0 Å². The Balaban J connectivity index is 2.45. The van der Waals surface area contributed by atoms with Crippen molar-refractivity contribution >= 4 is 22.9 Å². The normalized spacial score (nSPS) is 12.7. The Bertz CT molecular complexity index is 481. The summed E-state index contributed by atoms with van der Waals surface area (Å²) in [5.41, 5.74) is 2.21. The van der Waals surface area contributed by atoms with Crippen molar-refractivity contribution in [3.05, 3.63) is 50.9 Å². The zero-order chi connectivity index (χ0) is 11.5. The standard InChI is InChI=1S/C12H13ClN2S/c1-8-9(4-3-6-15-8)11(14-2)12-10(13)5-7-16-12/h3-7,11,14H,1-2H3. The van der Waals surface area contributed by atoms with Gasteiger partial charge in [0.25, 0.3) is 0 Å². The molecule has 2 aromatic rings. The molecule has 1 N–H and O–H groups in total. The van der Waals surface area contributed by atoms with Crippen molar-refractivity contribution in [1.82, 2.24) is 10.3 Å². The molecule has 4 heteroatoms. The third-order valence-corrected chi connectivity index (χ3v) is 3.98. The topological polar surface area (TPSA) is 24.9 Å². The van der Waals surface area contributed by atoms with Gasteiger partial charge < -0.3 is 5.32 Å². The van der Waals surface area contributed by atoms with E-state index < -0.39 is 0 Å². The molecule has 0 radical (unpaired) electrons. The number of nitrogens with one attached hydrogen (secondary N) is 1. The van der Waals surface area contributed by atoms with E-state index in [0.29, 0.717) is 0 Å². The number of nitrogens with zero attached hydrogens (tertiary/aromatic N) is 1. The summed E-state index contributed by atoms with van der Waals surface area (Å²) in [6, 6.07) is 6.09. The zero-order valence-corrected chi connectivity index (χ0v) is 10.8. The number of aromatic nitrogens is 1. The Hall–Kier alpha value is -0.900. The van der Waals surface area contributed by atoms with Crippen molar-refractivity contribution in [2.24, 2.45) is 0 Å². The molecule has 2 heterocycles. The van der Waals surface area contributed by atoms with Gasteiger partial charge in [-0.25, -0.2) is 0 Å². The average Bonchev–Trinajstić information content (AvgIpc) is 2.69. The molecular formula is C12H13ClN2S. The number of thiophene rings is 1. The van der Waals surface area contributed by atoms with Gasteiger partial charge in [0.1, 0.15) is 0 Å². The van der Waals surface area contributed by atoms with Crippen LogP contribution in [0.4, 0.5) is 0 Å². The fraction of sp³-hybridized carbons (Fsp3) is 0.250. The van der Waals surface area contributed by atoms with Gasteiger partial charge in [-0.15, -0.1) is 11.3 Å². The molecule has 0 saturated heterocycles. The lowest BCUT2D eigenvalue weighted by molar-refractivity contribution is 0.695. The van der Waals surface area contributed by atoms with Gasteiger partial charge >= 0.3 is 0 Å². The van der Waals surface area contributed by atoms with Crippen molar-refractivity contribution in [1.29, 1.82) is 0 Å². The highest BCUT2D eigenvalue weighted by molar-refractivity contribution is 7.10. The summed E-state index contributed by atoms with van der Waals surface area (Å²) in [6.45, 7) is 2.02. The van der Waals surface area contributed by atoms with Crippen LogP contribution in [-0.4, -0.2) is 12.0 Å². The summed E-state index contributed by atoms with van der Waals surface area (Å²) < 4.78 is 0. The highest BCUT2D eigenvalue weighted by atomic mass is 35.5. The first-order chi connectivity index (χ1) is 7.74. The first-order valence-corrected chi connectivity index (χ1v) is 6.31. The summed E-state index contributed by atoms with van der Waals surface area (Å²) in [7, 11) is 1.94. The number of hydrogen-bond acceptors (Lipinski definition) is 3. The Morgan fingerprint density at radius 3 is 2.81 bits per heavy atom. The summed E-state index contributed by atoms with van der Waals surface area (Å²) in [5.74, 6) is 0. The Kier molecular flexibility index (Phi) is 3.59. The molecule has 0 amide bonds. The van der Waals surface area contributed by atoms with Crippen LogP contribution in [0.2, 0.25) is 5.02 Å². The molecule has 0 aliphatic carbocycles. The summed E-state index contributed by atoms with van der Waals surface area (Å²) in [5, 5.41) is 6.11. The second-order valence-electron chi connectivity index (χ2n) is 3.53. The lowest BCUT2D eigenvalue weighted by Crippen LogP contribution is -2.18. The molecule has 0 aliphatic heterocycles. The van der Waals surface area contributed by atoms with E-state index in [1.807, 2.05) is 37.7 Å².